The highest BCUT2D eigenvalue weighted by atomic mass is 32.1. The molecule has 2 rings (SSSR count). The van der Waals surface area contributed by atoms with E-state index in [-0.39, 0.29) is 0 Å². The van der Waals surface area contributed by atoms with E-state index in [1.807, 2.05) is 0 Å². The molecule has 0 unspecified atom stereocenters. The Kier molecular flexibility index (Phi) is 2.42. The molecule has 0 amide bonds. The molecule has 0 nitrogen and oxygen atoms in total. The molecular formula is C14H20S. The summed E-state index contributed by atoms with van der Waals surface area (Å²) in [6.07, 6.45) is 2.54. The summed E-state index contributed by atoms with van der Waals surface area (Å²) in [5.41, 5.74) is 3.64. The Labute approximate surface area is 98.5 Å². The lowest BCUT2D eigenvalue weighted by atomic mass is 9.63. The fourth-order valence-corrected chi connectivity index (χ4v) is 2.78. The molecule has 0 atom stereocenters. The molecule has 1 aromatic carbocycles. The number of rotatable bonds is 0. The van der Waals surface area contributed by atoms with Crippen molar-refractivity contribution < 1.29 is 0 Å². The molecular weight excluding hydrogens is 200 g/mol. The first kappa shape index (κ1) is 11.1. The lowest BCUT2D eigenvalue weighted by molar-refractivity contribution is 0.331. The van der Waals surface area contributed by atoms with Gasteiger partial charge in [-0.2, -0.15) is 0 Å². The molecule has 1 aromatic rings. The minimum atomic E-state index is 0.309. The van der Waals surface area contributed by atoms with Gasteiger partial charge in [0.05, 0.1) is 0 Å². The van der Waals surface area contributed by atoms with E-state index in [0.717, 1.165) is 4.90 Å². The van der Waals surface area contributed by atoms with Crippen molar-refractivity contribution in [2.75, 3.05) is 0 Å². The summed E-state index contributed by atoms with van der Waals surface area (Å²) >= 11 is 4.45. The average molecular weight is 220 g/mol. The van der Waals surface area contributed by atoms with Gasteiger partial charge in [0, 0.05) is 4.90 Å². The van der Waals surface area contributed by atoms with Gasteiger partial charge in [0.2, 0.25) is 0 Å². The third-order valence-corrected chi connectivity index (χ3v) is 4.11. The molecule has 0 fully saturated rings. The van der Waals surface area contributed by atoms with E-state index < -0.39 is 0 Å². The minimum Gasteiger partial charge on any atom is -0.143 e. The van der Waals surface area contributed by atoms with Crippen LogP contribution in [0, 0.1) is 0 Å². The third kappa shape index (κ3) is 1.82. The van der Waals surface area contributed by atoms with Gasteiger partial charge in [0.15, 0.2) is 0 Å². The van der Waals surface area contributed by atoms with Gasteiger partial charge in [0.25, 0.3) is 0 Å². The summed E-state index contributed by atoms with van der Waals surface area (Å²) in [6.45, 7) is 9.38. The second kappa shape index (κ2) is 3.28. The van der Waals surface area contributed by atoms with Crippen LogP contribution in [-0.2, 0) is 10.8 Å². The van der Waals surface area contributed by atoms with E-state index >= 15 is 0 Å². The Morgan fingerprint density at radius 1 is 0.933 bits per heavy atom. The molecule has 0 aliphatic heterocycles. The zero-order chi connectivity index (χ0) is 11.3. The van der Waals surface area contributed by atoms with E-state index in [0.29, 0.717) is 10.8 Å². The lowest BCUT2D eigenvalue weighted by Gasteiger charge is -2.41. The van der Waals surface area contributed by atoms with Crippen LogP contribution in [0.4, 0.5) is 0 Å². The zero-order valence-electron chi connectivity index (χ0n) is 10.1. The molecule has 0 saturated carbocycles. The maximum absolute atomic E-state index is 4.45. The van der Waals surface area contributed by atoms with Crippen molar-refractivity contribution >= 4 is 12.6 Å². The quantitative estimate of drug-likeness (QED) is 0.618. The molecule has 1 heteroatoms. The molecule has 1 aliphatic rings. The van der Waals surface area contributed by atoms with Crippen LogP contribution in [0.1, 0.15) is 51.7 Å². The smallest absolute Gasteiger partial charge is 0.00431 e. The standard InChI is InChI=1S/C14H20S/c1-13(2)7-8-14(3,4)12-9-10(15)5-6-11(12)13/h5-6,9,15H,7-8H2,1-4H3. The first-order valence-electron chi connectivity index (χ1n) is 5.67. The number of fused-ring (bicyclic) bond motifs is 1. The fraction of sp³-hybridized carbons (Fsp3) is 0.571. The molecule has 0 saturated heterocycles. The molecule has 82 valence electrons. The molecule has 1 aliphatic carbocycles. The second-order valence-electron chi connectivity index (χ2n) is 6.00. The molecule has 0 radical (unpaired) electrons. The van der Waals surface area contributed by atoms with Crippen LogP contribution < -0.4 is 0 Å². The molecule has 0 spiro atoms. The Bertz CT molecular complexity index is 388. The SMILES string of the molecule is CC1(C)CCC(C)(C)c2cc(S)ccc21. The van der Waals surface area contributed by atoms with Gasteiger partial charge >= 0.3 is 0 Å². The Hall–Kier alpha value is -0.430. The predicted octanol–water partition coefficient (Wildman–Crippen LogP) is 4.32. The molecule has 0 aromatic heterocycles. The molecule has 0 heterocycles. The van der Waals surface area contributed by atoms with E-state index in [1.54, 1.807) is 0 Å². The van der Waals surface area contributed by atoms with Crippen molar-refractivity contribution in [3.05, 3.63) is 29.3 Å². The Morgan fingerprint density at radius 3 is 2.07 bits per heavy atom. The van der Waals surface area contributed by atoms with Crippen molar-refractivity contribution in [2.45, 2.75) is 56.3 Å². The summed E-state index contributed by atoms with van der Waals surface area (Å²) < 4.78 is 0. The van der Waals surface area contributed by atoms with Crippen LogP contribution in [0.2, 0.25) is 0 Å². The first-order chi connectivity index (χ1) is 6.83. The van der Waals surface area contributed by atoms with E-state index in [9.17, 15) is 0 Å². The maximum Gasteiger partial charge on any atom is 0.00431 e. The van der Waals surface area contributed by atoms with Gasteiger partial charge in [-0.05, 0) is 46.9 Å². The summed E-state index contributed by atoms with van der Waals surface area (Å²) in [4.78, 5) is 1.08. The third-order valence-electron chi connectivity index (χ3n) is 3.84. The molecule has 0 N–H and O–H groups in total. The van der Waals surface area contributed by atoms with Crippen molar-refractivity contribution in [2.24, 2.45) is 0 Å². The van der Waals surface area contributed by atoms with Crippen LogP contribution in [0.5, 0.6) is 0 Å². The van der Waals surface area contributed by atoms with Crippen molar-refractivity contribution in [3.8, 4) is 0 Å². The summed E-state index contributed by atoms with van der Waals surface area (Å²) in [7, 11) is 0. The van der Waals surface area contributed by atoms with Crippen molar-refractivity contribution in [1.82, 2.24) is 0 Å². The first-order valence-corrected chi connectivity index (χ1v) is 6.12. The van der Waals surface area contributed by atoms with Crippen LogP contribution in [0.3, 0.4) is 0 Å². The van der Waals surface area contributed by atoms with E-state index in [1.165, 1.54) is 24.0 Å². The van der Waals surface area contributed by atoms with E-state index in [2.05, 4.69) is 58.5 Å². The molecule has 0 bridgehead atoms. The molecule has 15 heavy (non-hydrogen) atoms. The number of hydrogen-bond donors (Lipinski definition) is 1. The largest absolute Gasteiger partial charge is 0.143 e. The number of hydrogen-bond acceptors (Lipinski definition) is 1. The van der Waals surface area contributed by atoms with Crippen LogP contribution in [-0.4, -0.2) is 0 Å². The average Bonchev–Trinajstić information content (AvgIpc) is 2.13. The van der Waals surface area contributed by atoms with Gasteiger partial charge in [-0.15, -0.1) is 12.6 Å². The van der Waals surface area contributed by atoms with Gasteiger partial charge in [-0.25, -0.2) is 0 Å². The van der Waals surface area contributed by atoms with Gasteiger partial charge in [-0.3, -0.25) is 0 Å². The highest BCUT2D eigenvalue weighted by molar-refractivity contribution is 7.80. The summed E-state index contributed by atoms with van der Waals surface area (Å²) in [5, 5.41) is 0. The fourth-order valence-electron chi connectivity index (χ4n) is 2.58. The maximum atomic E-state index is 4.45. The number of benzene rings is 1. The van der Waals surface area contributed by atoms with E-state index in [4.69, 9.17) is 0 Å². The van der Waals surface area contributed by atoms with Crippen LogP contribution in [0.15, 0.2) is 23.1 Å². The van der Waals surface area contributed by atoms with Gasteiger partial charge in [-0.1, -0.05) is 33.8 Å². The zero-order valence-corrected chi connectivity index (χ0v) is 11.0. The van der Waals surface area contributed by atoms with Crippen LogP contribution in [0.25, 0.3) is 0 Å². The normalized spacial score (nSPS) is 22.2. The second-order valence-corrected chi connectivity index (χ2v) is 6.51. The monoisotopic (exact) mass is 220 g/mol. The van der Waals surface area contributed by atoms with Crippen molar-refractivity contribution in [3.63, 3.8) is 0 Å². The topological polar surface area (TPSA) is 0 Å². The predicted molar refractivity (Wildman–Crippen MR) is 69.0 cm³/mol. The summed E-state index contributed by atoms with van der Waals surface area (Å²) in [5.74, 6) is 0. The van der Waals surface area contributed by atoms with Gasteiger partial charge < -0.3 is 0 Å². The lowest BCUT2D eigenvalue weighted by Crippen LogP contribution is -2.33. The highest BCUT2D eigenvalue weighted by Crippen LogP contribution is 2.46. The van der Waals surface area contributed by atoms with Crippen LogP contribution >= 0.6 is 12.6 Å². The Morgan fingerprint density at radius 2 is 1.47 bits per heavy atom. The Balaban J connectivity index is 2.64. The van der Waals surface area contributed by atoms with Gasteiger partial charge in [0.1, 0.15) is 0 Å². The number of thiol groups is 1. The minimum absolute atomic E-state index is 0.309. The summed E-state index contributed by atoms with van der Waals surface area (Å²) in [6, 6.07) is 6.63. The highest BCUT2D eigenvalue weighted by Gasteiger charge is 2.36. The van der Waals surface area contributed by atoms with Crippen molar-refractivity contribution in [1.29, 1.82) is 0 Å².